The maximum absolute atomic E-state index is 12.7. The molecule has 0 saturated heterocycles. The zero-order valence-corrected chi connectivity index (χ0v) is 12.4. The van der Waals surface area contributed by atoms with E-state index in [9.17, 15) is 4.79 Å². The van der Waals surface area contributed by atoms with Crippen molar-refractivity contribution in [2.75, 3.05) is 25.0 Å². The molecule has 0 N–H and O–H groups in total. The van der Waals surface area contributed by atoms with Gasteiger partial charge in [0.25, 0.3) is 5.91 Å². The Bertz CT molecular complexity index is 733. The summed E-state index contributed by atoms with van der Waals surface area (Å²) in [5.74, 6) is 0.909. The van der Waals surface area contributed by atoms with Gasteiger partial charge < -0.3 is 9.80 Å². The van der Waals surface area contributed by atoms with Crippen LogP contribution in [0.25, 0.3) is 0 Å². The van der Waals surface area contributed by atoms with Crippen LogP contribution in [0.1, 0.15) is 21.5 Å². The van der Waals surface area contributed by atoms with Gasteiger partial charge in [-0.3, -0.25) is 4.79 Å². The summed E-state index contributed by atoms with van der Waals surface area (Å²) in [6.07, 6.45) is 1.77. The molecule has 3 rings (SSSR count). The Kier molecular flexibility index (Phi) is 3.75. The molecule has 1 amide bonds. The first-order chi connectivity index (χ1) is 10.7. The Morgan fingerprint density at radius 3 is 2.73 bits per heavy atom. The molecule has 1 aliphatic rings. The third-order valence-corrected chi connectivity index (χ3v) is 3.84. The lowest BCUT2D eigenvalue weighted by molar-refractivity contribution is 0.0752. The second-order valence-electron chi connectivity index (χ2n) is 5.32. The molecule has 22 heavy (non-hydrogen) atoms. The van der Waals surface area contributed by atoms with E-state index in [2.05, 4.69) is 16.0 Å². The Balaban J connectivity index is 1.86. The fraction of sp³-hybridized carbons (Fsp3) is 0.235. The molecular weight excluding hydrogens is 276 g/mol. The Hall–Kier alpha value is -2.87. The number of rotatable bonds is 1. The molecule has 0 atom stereocenters. The number of hydrogen-bond acceptors (Lipinski definition) is 4. The van der Waals surface area contributed by atoms with Crippen LogP contribution in [-0.4, -0.2) is 35.9 Å². The molecule has 0 fully saturated rings. The molecular formula is C17H16N4O. The highest BCUT2D eigenvalue weighted by molar-refractivity contribution is 5.94. The van der Waals surface area contributed by atoms with Crippen molar-refractivity contribution in [1.29, 1.82) is 5.26 Å². The molecule has 0 radical (unpaired) electrons. The Labute approximate surface area is 129 Å². The average Bonchev–Trinajstić information content (AvgIpc) is 2.74. The van der Waals surface area contributed by atoms with E-state index in [-0.39, 0.29) is 5.91 Å². The van der Waals surface area contributed by atoms with E-state index in [1.807, 2.05) is 24.1 Å². The molecule has 5 heteroatoms. The summed E-state index contributed by atoms with van der Waals surface area (Å²) < 4.78 is 0. The lowest BCUT2D eigenvalue weighted by Gasteiger charge is -2.21. The number of benzene rings is 1. The minimum absolute atomic E-state index is 0.0189. The van der Waals surface area contributed by atoms with Gasteiger partial charge in [-0.2, -0.15) is 5.26 Å². The van der Waals surface area contributed by atoms with Crippen molar-refractivity contribution in [3.8, 4) is 6.07 Å². The highest BCUT2D eigenvalue weighted by Gasteiger charge is 2.22. The van der Waals surface area contributed by atoms with E-state index in [4.69, 9.17) is 5.26 Å². The average molecular weight is 292 g/mol. The van der Waals surface area contributed by atoms with E-state index in [0.29, 0.717) is 24.2 Å². The standard InChI is InChI=1S/C17H16N4O/c1-20-9-10-21(12-15-3-2-8-19-16(15)20)17(22)14-6-4-13(11-18)5-7-14/h2-8H,9-10,12H2,1H3. The van der Waals surface area contributed by atoms with Gasteiger partial charge in [0.05, 0.1) is 11.6 Å². The molecule has 0 saturated carbocycles. The van der Waals surface area contributed by atoms with Crippen LogP contribution >= 0.6 is 0 Å². The summed E-state index contributed by atoms with van der Waals surface area (Å²) in [6.45, 7) is 1.93. The largest absolute Gasteiger partial charge is 0.358 e. The Morgan fingerprint density at radius 1 is 1.23 bits per heavy atom. The summed E-state index contributed by atoms with van der Waals surface area (Å²) in [5.41, 5.74) is 2.21. The molecule has 0 spiro atoms. The van der Waals surface area contributed by atoms with Crippen LogP contribution in [0.4, 0.5) is 5.82 Å². The molecule has 110 valence electrons. The van der Waals surface area contributed by atoms with Gasteiger partial charge in [-0.15, -0.1) is 0 Å². The lowest BCUT2D eigenvalue weighted by atomic mass is 10.1. The second-order valence-corrected chi connectivity index (χ2v) is 5.32. The number of carbonyl (C=O) groups is 1. The number of amides is 1. The minimum atomic E-state index is -0.0189. The second kappa shape index (κ2) is 5.86. The van der Waals surface area contributed by atoms with Gasteiger partial charge in [0.2, 0.25) is 0 Å². The van der Waals surface area contributed by atoms with Crippen LogP contribution in [0.3, 0.4) is 0 Å². The minimum Gasteiger partial charge on any atom is -0.358 e. The SMILES string of the molecule is CN1CCN(C(=O)c2ccc(C#N)cc2)Cc2cccnc21. The third-order valence-electron chi connectivity index (χ3n) is 3.84. The summed E-state index contributed by atoms with van der Waals surface area (Å²) in [6, 6.07) is 12.7. The molecule has 2 heterocycles. The highest BCUT2D eigenvalue weighted by Crippen LogP contribution is 2.22. The number of carbonyl (C=O) groups excluding carboxylic acids is 1. The van der Waals surface area contributed by atoms with Crippen molar-refractivity contribution in [1.82, 2.24) is 9.88 Å². The molecule has 0 bridgehead atoms. The van der Waals surface area contributed by atoms with Crippen molar-refractivity contribution in [2.45, 2.75) is 6.54 Å². The van der Waals surface area contributed by atoms with Crippen LogP contribution in [0.5, 0.6) is 0 Å². The molecule has 5 nitrogen and oxygen atoms in total. The molecule has 1 aromatic carbocycles. The fourth-order valence-electron chi connectivity index (χ4n) is 2.60. The van der Waals surface area contributed by atoms with Gasteiger partial charge in [0.1, 0.15) is 5.82 Å². The highest BCUT2D eigenvalue weighted by atomic mass is 16.2. The summed E-state index contributed by atoms with van der Waals surface area (Å²) in [5, 5.41) is 8.83. The monoisotopic (exact) mass is 292 g/mol. The zero-order valence-electron chi connectivity index (χ0n) is 12.4. The number of anilines is 1. The first-order valence-electron chi connectivity index (χ1n) is 7.13. The predicted octanol–water partition coefficient (Wildman–Crippen LogP) is 2.05. The number of aromatic nitrogens is 1. The summed E-state index contributed by atoms with van der Waals surface area (Å²) >= 11 is 0. The van der Waals surface area contributed by atoms with Gasteiger partial charge in [-0.05, 0) is 30.3 Å². The third kappa shape index (κ3) is 2.63. The molecule has 1 aliphatic heterocycles. The zero-order chi connectivity index (χ0) is 15.5. The van der Waals surface area contributed by atoms with Crippen LogP contribution in [0, 0.1) is 11.3 Å². The van der Waals surface area contributed by atoms with Crippen molar-refractivity contribution in [3.05, 3.63) is 59.3 Å². The van der Waals surface area contributed by atoms with Gasteiger partial charge in [-0.25, -0.2) is 4.98 Å². The van der Waals surface area contributed by atoms with Crippen molar-refractivity contribution >= 4 is 11.7 Å². The first kappa shape index (κ1) is 14.1. The number of likely N-dealkylation sites (N-methyl/N-ethyl adjacent to an activating group) is 1. The quantitative estimate of drug-likeness (QED) is 0.807. The number of hydrogen-bond donors (Lipinski definition) is 0. The molecule has 0 unspecified atom stereocenters. The fourth-order valence-corrected chi connectivity index (χ4v) is 2.60. The van der Waals surface area contributed by atoms with Gasteiger partial charge in [0.15, 0.2) is 0 Å². The smallest absolute Gasteiger partial charge is 0.254 e. The number of nitrogens with zero attached hydrogens (tertiary/aromatic N) is 4. The van der Waals surface area contributed by atoms with Gasteiger partial charge in [-0.1, -0.05) is 6.07 Å². The van der Waals surface area contributed by atoms with E-state index < -0.39 is 0 Å². The van der Waals surface area contributed by atoms with E-state index in [1.165, 1.54) is 0 Å². The van der Waals surface area contributed by atoms with Crippen molar-refractivity contribution in [3.63, 3.8) is 0 Å². The van der Waals surface area contributed by atoms with Gasteiger partial charge in [0, 0.05) is 44.0 Å². The Morgan fingerprint density at radius 2 is 2.00 bits per heavy atom. The van der Waals surface area contributed by atoms with E-state index in [0.717, 1.165) is 17.9 Å². The van der Waals surface area contributed by atoms with Gasteiger partial charge >= 0.3 is 0 Å². The molecule has 0 aliphatic carbocycles. The number of pyridine rings is 1. The maximum Gasteiger partial charge on any atom is 0.254 e. The van der Waals surface area contributed by atoms with Crippen LogP contribution in [-0.2, 0) is 6.54 Å². The van der Waals surface area contributed by atoms with E-state index in [1.54, 1.807) is 30.5 Å². The predicted molar refractivity (Wildman–Crippen MR) is 83.4 cm³/mol. The van der Waals surface area contributed by atoms with E-state index >= 15 is 0 Å². The maximum atomic E-state index is 12.7. The first-order valence-corrected chi connectivity index (χ1v) is 7.13. The molecule has 2 aromatic rings. The van der Waals surface area contributed by atoms with Crippen molar-refractivity contribution in [2.24, 2.45) is 0 Å². The number of fused-ring (bicyclic) bond motifs is 1. The normalized spacial score (nSPS) is 14.0. The lowest BCUT2D eigenvalue weighted by Crippen LogP contribution is -2.34. The summed E-state index contributed by atoms with van der Waals surface area (Å²) in [7, 11) is 1.99. The number of nitriles is 1. The van der Waals surface area contributed by atoms with Crippen molar-refractivity contribution < 1.29 is 4.79 Å². The summed E-state index contributed by atoms with van der Waals surface area (Å²) in [4.78, 5) is 21.0. The topological polar surface area (TPSA) is 60.2 Å². The van der Waals surface area contributed by atoms with Crippen LogP contribution in [0.15, 0.2) is 42.6 Å². The van der Waals surface area contributed by atoms with Crippen LogP contribution < -0.4 is 4.90 Å². The molecule has 1 aromatic heterocycles. The van der Waals surface area contributed by atoms with Crippen LogP contribution in [0.2, 0.25) is 0 Å².